The molecule has 2 nitrogen and oxygen atoms in total. The lowest BCUT2D eigenvalue weighted by atomic mass is 9.85. The summed E-state index contributed by atoms with van der Waals surface area (Å²) in [5.74, 6) is 0.669. The molecule has 0 N–H and O–H groups in total. The maximum absolute atomic E-state index is 12.1. The molecule has 0 amide bonds. The van der Waals surface area contributed by atoms with Gasteiger partial charge in [-0.1, -0.05) is 43.3 Å². The van der Waals surface area contributed by atoms with E-state index < -0.39 is 10.1 Å². The highest BCUT2D eigenvalue weighted by Gasteiger charge is 2.34. The van der Waals surface area contributed by atoms with Gasteiger partial charge in [-0.2, -0.15) is 0 Å². The molecule has 1 aromatic rings. The van der Waals surface area contributed by atoms with Gasteiger partial charge in [-0.3, -0.25) is 4.79 Å². The van der Waals surface area contributed by atoms with Crippen molar-refractivity contribution >= 4 is 34.0 Å². The van der Waals surface area contributed by atoms with Gasteiger partial charge < -0.3 is 4.74 Å². The second-order valence-corrected chi connectivity index (χ2v) is 7.03. The van der Waals surface area contributed by atoms with Gasteiger partial charge in [0.2, 0.25) is 0 Å². The van der Waals surface area contributed by atoms with E-state index in [1.807, 2.05) is 49.4 Å². The number of benzene rings is 1. The number of hydrogen-bond donors (Lipinski definition) is 0. The molecule has 24 heavy (non-hydrogen) atoms. The molecule has 0 heterocycles. The molecule has 4 heteroatoms. The molecule has 3 rings (SSSR count). The summed E-state index contributed by atoms with van der Waals surface area (Å²) in [5, 5.41) is -0.507. The van der Waals surface area contributed by atoms with Crippen molar-refractivity contribution in [1.82, 2.24) is 0 Å². The van der Waals surface area contributed by atoms with Crippen LogP contribution in [0.25, 0.3) is 5.57 Å². The Bertz CT molecular complexity index is 802. The number of allylic oxidation sites excluding steroid dienone is 7. The Morgan fingerprint density at radius 2 is 2.12 bits per heavy atom. The molecule has 0 spiro atoms. The predicted octanol–water partition coefficient (Wildman–Crippen LogP) is 5.03. The van der Waals surface area contributed by atoms with E-state index in [-0.39, 0.29) is 5.92 Å². The number of methoxy groups -OCH3 is 1. The largest absolute Gasteiger partial charge is 0.497 e. The number of alkyl halides is 1. The van der Waals surface area contributed by atoms with Crippen LogP contribution < -0.4 is 0 Å². The Morgan fingerprint density at radius 1 is 1.38 bits per heavy atom. The van der Waals surface area contributed by atoms with Crippen LogP contribution >= 0.6 is 23.2 Å². The summed E-state index contributed by atoms with van der Waals surface area (Å²) in [7, 11) is 1.59. The standard InChI is InChI=1S/C20H18Cl2O2/c1-13-7-9-15(24-2)11-20(13,22)12-18(19(21)23)17-10-8-14-5-3-4-6-16(14)17/h3-7,9-13H,8H2,1-2H3. The van der Waals surface area contributed by atoms with Gasteiger partial charge in [-0.25, -0.2) is 0 Å². The Balaban J connectivity index is 2.07. The van der Waals surface area contributed by atoms with Crippen LogP contribution in [-0.2, 0) is 16.0 Å². The van der Waals surface area contributed by atoms with Crippen LogP contribution in [0.4, 0.5) is 0 Å². The van der Waals surface area contributed by atoms with Gasteiger partial charge in [0.25, 0.3) is 5.24 Å². The van der Waals surface area contributed by atoms with E-state index in [1.54, 1.807) is 13.2 Å². The maximum atomic E-state index is 12.1. The van der Waals surface area contributed by atoms with Gasteiger partial charge in [0.15, 0.2) is 0 Å². The number of hydrogen-bond acceptors (Lipinski definition) is 2. The highest BCUT2D eigenvalue weighted by molar-refractivity contribution is 6.69. The lowest BCUT2D eigenvalue weighted by molar-refractivity contribution is -0.108. The van der Waals surface area contributed by atoms with Gasteiger partial charge in [0.1, 0.15) is 5.76 Å². The number of rotatable bonds is 4. The van der Waals surface area contributed by atoms with Gasteiger partial charge in [-0.15, -0.1) is 11.6 Å². The van der Waals surface area contributed by atoms with Crippen molar-refractivity contribution in [2.75, 3.05) is 7.11 Å². The van der Waals surface area contributed by atoms with Crippen molar-refractivity contribution in [3.05, 3.63) is 77.1 Å². The monoisotopic (exact) mass is 360 g/mol. The molecule has 124 valence electrons. The Hall–Kier alpha value is -1.77. The van der Waals surface area contributed by atoms with E-state index in [0.29, 0.717) is 11.3 Å². The summed E-state index contributed by atoms with van der Waals surface area (Å²) >= 11 is 12.7. The topological polar surface area (TPSA) is 26.3 Å². The first-order valence-corrected chi connectivity index (χ1v) is 8.55. The average Bonchev–Trinajstić information content (AvgIpc) is 2.99. The number of carbonyl (C=O) groups is 1. The maximum Gasteiger partial charge on any atom is 0.252 e. The lowest BCUT2D eigenvalue weighted by Crippen LogP contribution is -2.28. The molecule has 1 aromatic carbocycles. The molecule has 0 aliphatic heterocycles. The highest BCUT2D eigenvalue weighted by atomic mass is 35.5. The molecule has 0 saturated carbocycles. The van der Waals surface area contributed by atoms with E-state index in [0.717, 1.165) is 17.6 Å². The molecule has 0 fully saturated rings. The van der Waals surface area contributed by atoms with Gasteiger partial charge in [0, 0.05) is 11.5 Å². The minimum Gasteiger partial charge on any atom is -0.497 e. The van der Waals surface area contributed by atoms with E-state index in [9.17, 15) is 4.79 Å². The van der Waals surface area contributed by atoms with Crippen molar-refractivity contribution in [1.29, 1.82) is 0 Å². The molecular weight excluding hydrogens is 343 g/mol. The number of ether oxygens (including phenoxy) is 1. The summed E-state index contributed by atoms with van der Waals surface area (Å²) in [6.07, 6.45) is 10.2. The zero-order chi connectivity index (χ0) is 17.3. The highest BCUT2D eigenvalue weighted by Crippen LogP contribution is 2.40. The number of carbonyl (C=O) groups excluding carboxylic acids is 1. The summed E-state index contributed by atoms with van der Waals surface area (Å²) in [4.78, 5) is 11.3. The van der Waals surface area contributed by atoms with Crippen LogP contribution in [0.2, 0.25) is 0 Å². The smallest absolute Gasteiger partial charge is 0.252 e. The third-order valence-corrected chi connectivity index (χ3v) is 5.31. The Morgan fingerprint density at radius 3 is 2.83 bits per heavy atom. The van der Waals surface area contributed by atoms with Crippen LogP contribution in [0.5, 0.6) is 0 Å². The van der Waals surface area contributed by atoms with Crippen LogP contribution in [0, 0.1) is 5.92 Å². The summed E-state index contributed by atoms with van der Waals surface area (Å²) in [6.45, 7) is 2.00. The summed E-state index contributed by atoms with van der Waals surface area (Å²) < 4.78 is 5.29. The van der Waals surface area contributed by atoms with E-state index >= 15 is 0 Å². The van der Waals surface area contributed by atoms with Gasteiger partial charge in [-0.05, 0) is 52.9 Å². The third-order valence-electron chi connectivity index (χ3n) is 4.55. The molecule has 0 saturated heterocycles. The van der Waals surface area contributed by atoms with Crippen LogP contribution in [0.3, 0.4) is 0 Å². The van der Waals surface area contributed by atoms with Crippen molar-refractivity contribution < 1.29 is 9.53 Å². The first-order valence-electron chi connectivity index (χ1n) is 7.80. The zero-order valence-electron chi connectivity index (χ0n) is 13.6. The normalized spacial score (nSPS) is 25.8. The van der Waals surface area contributed by atoms with Crippen molar-refractivity contribution in [3.63, 3.8) is 0 Å². The number of halogens is 2. The quantitative estimate of drug-likeness (QED) is 0.427. The van der Waals surface area contributed by atoms with Gasteiger partial charge in [0.05, 0.1) is 12.0 Å². The zero-order valence-corrected chi connectivity index (χ0v) is 15.1. The fraction of sp³-hybridized carbons (Fsp3) is 0.250. The molecule has 2 atom stereocenters. The molecule has 2 aliphatic rings. The van der Waals surface area contributed by atoms with Gasteiger partial charge >= 0.3 is 0 Å². The molecule has 0 bridgehead atoms. The lowest BCUT2D eigenvalue weighted by Gasteiger charge is -2.29. The van der Waals surface area contributed by atoms with Crippen LogP contribution in [0.1, 0.15) is 18.1 Å². The fourth-order valence-corrected chi connectivity index (χ4v) is 3.53. The van der Waals surface area contributed by atoms with Crippen LogP contribution in [-0.4, -0.2) is 17.2 Å². The Kier molecular flexibility index (Phi) is 4.71. The fourth-order valence-electron chi connectivity index (χ4n) is 3.08. The Labute approximate surface area is 152 Å². The second kappa shape index (κ2) is 6.62. The minimum absolute atomic E-state index is 0.00123. The third kappa shape index (κ3) is 3.09. The van der Waals surface area contributed by atoms with Crippen molar-refractivity contribution in [2.24, 2.45) is 5.92 Å². The minimum atomic E-state index is -0.863. The molecule has 0 radical (unpaired) electrons. The van der Waals surface area contributed by atoms with Crippen LogP contribution in [0.15, 0.2) is 66.0 Å². The van der Waals surface area contributed by atoms with E-state index in [4.69, 9.17) is 27.9 Å². The van der Waals surface area contributed by atoms with E-state index in [2.05, 4.69) is 6.07 Å². The first-order chi connectivity index (χ1) is 11.4. The molecule has 0 aromatic heterocycles. The molecule has 2 unspecified atom stereocenters. The molecular formula is C20H18Cl2O2. The van der Waals surface area contributed by atoms with Crippen molar-refractivity contribution in [2.45, 2.75) is 18.2 Å². The van der Waals surface area contributed by atoms with E-state index in [1.165, 1.54) is 5.56 Å². The SMILES string of the molecule is COC1=CC(Cl)(C=C(C(=O)Cl)C2=CCc3ccccc32)C(C)C=C1. The summed E-state index contributed by atoms with van der Waals surface area (Å²) in [5.41, 5.74) is 3.50. The predicted molar refractivity (Wildman–Crippen MR) is 99.0 cm³/mol. The molecule has 2 aliphatic carbocycles. The number of fused-ring (bicyclic) bond motifs is 1. The average molecular weight is 361 g/mol. The van der Waals surface area contributed by atoms with Crippen molar-refractivity contribution in [3.8, 4) is 0 Å². The first kappa shape index (κ1) is 17.1. The second-order valence-electron chi connectivity index (χ2n) is 6.04. The summed E-state index contributed by atoms with van der Waals surface area (Å²) in [6, 6.07) is 8.01.